The van der Waals surface area contributed by atoms with Gasteiger partial charge in [0.2, 0.25) is 0 Å². The Balaban J connectivity index is 2.16. The highest BCUT2D eigenvalue weighted by molar-refractivity contribution is 5.94. The summed E-state index contributed by atoms with van der Waals surface area (Å²) in [6, 6.07) is 0. The maximum Gasteiger partial charge on any atom is 0.308 e. The fourth-order valence-electron chi connectivity index (χ4n) is 4.66. The fourth-order valence-corrected chi connectivity index (χ4v) is 4.66. The van der Waals surface area contributed by atoms with Crippen molar-refractivity contribution in [3.8, 4) is 0 Å². The molecule has 174 valence electrons. The van der Waals surface area contributed by atoms with Crippen LogP contribution in [0, 0.1) is 23.7 Å². The highest BCUT2D eigenvalue weighted by atomic mass is 16.5. The van der Waals surface area contributed by atoms with E-state index < -0.39 is 24.6 Å². The van der Waals surface area contributed by atoms with Gasteiger partial charge in [0.25, 0.3) is 0 Å². The molecule has 0 bridgehead atoms. The van der Waals surface area contributed by atoms with Gasteiger partial charge in [-0.25, -0.2) is 0 Å². The second-order valence-electron chi connectivity index (χ2n) is 9.22. The van der Waals surface area contributed by atoms with Gasteiger partial charge in [0.1, 0.15) is 6.10 Å². The summed E-state index contributed by atoms with van der Waals surface area (Å²) in [4.78, 5) is 35.8. The number of allylic oxidation sites excluding steroid dienone is 2. The van der Waals surface area contributed by atoms with Crippen LogP contribution in [0.5, 0.6) is 0 Å². The number of carbonyl (C=O) groups is 3. The molecule has 7 atom stereocenters. The van der Waals surface area contributed by atoms with Gasteiger partial charge in [-0.15, -0.1) is 0 Å². The number of aliphatic carboxylic acids is 1. The van der Waals surface area contributed by atoms with Crippen molar-refractivity contribution in [3.05, 3.63) is 23.3 Å². The second-order valence-corrected chi connectivity index (χ2v) is 9.22. The van der Waals surface area contributed by atoms with Crippen molar-refractivity contribution >= 4 is 17.7 Å². The van der Waals surface area contributed by atoms with Crippen molar-refractivity contribution in [2.75, 3.05) is 0 Å². The number of esters is 1. The first kappa shape index (κ1) is 25.3. The Bertz CT molecular complexity index is 738. The zero-order chi connectivity index (χ0) is 23.3. The van der Waals surface area contributed by atoms with E-state index in [4.69, 9.17) is 9.84 Å². The predicted molar refractivity (Wildman–Crippen MR) is 115 cm³/mol. The molecule has 0 heterocycles. The van der Waals surface area contributed by atoms with Crippen LogP contribution in [-0.2, 0) is 19.1 Å². The quantitative estimate of drug-likeness (QED) is 0.450. The largest absolute Gasteiger partial charge is 0.481 e. The highest BCUT2D eigenvalue weighted by Gasteiger charge is 2.44. The molecule has 3 N–H and O–H groups in total. The fraction of sp³-hybridized carbons (Fsp3) is 0.708. The van der Waals surface area contributed by atoms with Crippen LogP contribution < -0.4 is 0 Å². The molecule has 0 radical (unpaired) electrons. The average molecular weight is 437 g/mol. The van der Waals surface area contributed by atoms with E-state index >= 15 is 0 Å². The first-order valence-electron chi connectivity index (χ1n) is 11.2. The van der Waals surface area contributed by atoms with Crippen molar-refractivity contribution in [1.82, 2.24) is 0 Å². The molecule has 0 saturated heterocycles. The van der Waals surface area contributed by atoms with Gasteiger partial charge in [0.05, 0.1) is 24.5 Å². The molecule has 0 aromatic rings. The second kappa shape index (κ2) is 11.0. The Morgan fingerprint density at radius 1 is 1.23 bits per heavy atom. The topological polar surface area (TPSA) is 121 Å². The Morgan fingerprint density at radius 2 is 1.90 bits per heavy atom. The SMILES string of the molecule is CCC(C)C(=O)O[C@H]1CC(C)=CC2=CC(=O)[C@@H](C)[C@@H](CC[C@@H](O)C[C@@H](O)CC(=O)O)[C@H]21. The zero-order valence-electron chi connectivity index (χ0n) is 18.9. The van der Waals surface area contributed by atoms with E-state index in [1.807, 2.05) is 33.8 Å². The van der Waals surface area contributed by atoms with Gasteiger partial charge >= 0.3 is 11.9 Å². The highest BCUT2D eigenvalue weighted by Crippen LogP contribution is 2.44. The number of hydrogen-bond donors (Lipinski definition) is 3. The lowest BCUT2D eigenvalue weighted by Crippen LogP contribution is -2.43. The van der Waals surface area contributed by atoms with Crippen LogP contribution in [0.3, 0.4) is 0 Å². The number of aliphatic hydroxyl groups excluding tert-OH is 2. The van der Waals surface area contributed by atoms with Gasteiger partial charge in [0, 0.05) is 18.3 Å². The minimum absolute atomic E-state index is 0.0228. The van der Waals surface area contributed by atoms with E-state index in [9.17, 15) is 24.6 Å². The first-order chi connectivity index (χ1) is 14.5. The van der Waals surface area contributed by atoms with Crippen LogP contribution in [0.1, 0.15) is 66.2 Å². The van der Waals surface area contributed by atoms with E-state index in [0.717, 1.165) is 11.1 Å². The van der Waals surface area contributed by atoms with Gasteiger partial charge in [-0.2, -0.15) is 0 Å². The van der Waals surface area contributed by atoms with Crippen LogP contribution >= 0.6 is 0 Å². The number of rotatable bonds is 10. The summed E-state index contributed by atoms with van der Waals surface area (Å²) < 4.78 is 5.91. The third-order valence-electron chi connectivity index (χ3n) is 6.65. The van der Waals surface area contributed by atoms with Crippen molar-refractivity contribution in [3.63, 3.8) is 0 Å². The normalized spacial score (nSPS) is 28.6. The van der Waals surface area contributed by atoms with Crippen LogP contribution in [0.25, 0.3) is 0 Å². The van der Waals surface area contributed by atoms with Gasteiger partial charge in [-0.1, -0.05) is 32.4 Å². The number of hydrogen-bond acceptors (Lipinski definition) is 6. The number of fused-ring (bicyclic) bond motifs is 1. The Labute approximate surface area is 184 Å². The Kier molecular flexibility index (Phi) is 9.01. The minimum Gasteiger partial charge on any atom is -0.481 e. The molecular formula is C24H36O7. The molecule has 1 unspecified atom stereocenters. The summed E-state index contributed by atoms with van der Waals surface area (Å²) in [5.74, 6) is -2.04. The maximum atomic E-state index is 12.6. The molecule has 0 aliphatic heterocycles. The lowest BCUT2D eigenvalue weighted by Gasteiger charge is -2.42. The van der Waals surface area contributed by atoms with E-state index in [2.05, 4.69) is 0 Å². The molecule has 0 saturated carbocycles. The van der Waals surface area contributed by atoms with Crippen molar-refractivity contribution < 1.29 is 34.4 Å². The third kappa shape index (κ3) is 6.74. The van der Waals surface area contributed by atoms with Gasteiger partial charge in [-0.05, 0) is 50.2 Å². The summed E-state index contributed by atoms with van der Waals surface area (Å²) in [7, 11) is 0. The van der Waals surface area contributed by atoms with Crippen molar-refractivity contribution in [1.29, 1.82) is 0 Å². The number of ketones is 1. The lowest BCUT2D eigenvalue weighted by atomic mass is 9.64. The van der Waals surface area contributed by atoms with E-state index in [1.54, 1.807) is 6.08 Å². The number of aliphatic hydroxyl groups is 2. The average Bonchev–Trinajstić information content (AvgIpc) is 2.66. The summed E-state index contributed by atoms with van der Waals surface area (Å²) >= 11 is 0. The number of ether oxygens (including phenoxy) is 1. The van der Waals surface area contributed by atoms with Gasteiger partial charge in [0.15, 0.2) is 5.78 Å². The van der Waals surface area contributed by atoms with Crippen LogP contribution in [0.2, 0.25) is 0 Å². The number of carboxylic acids is 1. The van der Waals surface area contributed by atoms with Crippen LogP contribution in [0.4, 0.5) is 0 Å². The Hall–Kier alpha value is -1.99. The van der Waals surface area contributed by atoms with Crippen molar-refractivity contribution in [2.45, 2.75) is 84.5 Å². The molecule has 0 fully saturated rings. The lowest BCUT2D eigenvalue weighted by molar-refractivity contribution is -0.157. The smallest absolute Gasteiger partial charge is 0.308 e. The molecule has 2 aliphatic carbocycles. The summed E-state index contributed by atoms with van der Waals surface area (Å²) in [6.07, 6.45) is 3.03. The standard InChI is InChI=1S/C24H36O7/c1-5-14(3)24(30)31-21-9-13(2)8-16-10-20(27)15(4)19(23(16)21)7-6-17(25)11-18(26)12-22(28)29/h8,10,14-15,17-19,21,23,25-26H,5-7,9,11-12H2,1-4H3,(H,28,29)/t14?,15-,17+,18+,19+,21-,23-/m0/s1. The third-order valence-corrected chi connectivity index (χ3v) is 6.65. The van der Waals surface area contributed by atoms with Crippen LogP contribution in [-0.4, -0.2) is 51.4 Å². The monoisotopic (exact) mass is 436 g/mol. The maximum absolute atomic E-state index is 12.6. The Morgan fingerprint density at radius 3 is 2.52 bits per heavy atom. The molecule has 31 heavy (non-hydrogen) atoms. The van der Waals surface area contributed by atoms with Crippen LogP contribution in [0.15, 0.2) is 23.3 Å². The molecule has 0 aromatic carbocycles. The number of carbonyl (C=O) groups excluding carboxylic acids is 2. The summed E-state index contributed by atoms with van der Waals surface area (Å²) in [6.45, 7) is 7.61. The first-order valence-corrected chi connectivity index (χ1v) is 11.2. The molecule has 0 spiro atoms. The van der Waals surface area contributed by atoms with Gasteiger partial charge in [-0.3, -0.25) is 14.4 Å². The molecule has 2 aliphatic rings. The van der Waals surface area contributed by atoms with Gasteiger partial charge < -0.3 is 20.1 Å². The summed E-state index contributed by atoms with van der Waals surface area (Å²) in [5.41, 5.74) is 1.93. The predicted octanol–water partition coefficient (Wildman–Crippen LogP) is 3.04. The van der Waals surface area contributed by atoms with E-state index in [-0.39, 0.29) is 47.9 Å². The zero-order valence-corrected chi connectivity index (χ0v) is 18.9. The molecule has 0 aromatic heterocycles. The minimum atomic E-state index is -1.11. The van der Waals surface area contributed by atoms with E-state index in [0.29, 0.717) is 25.7 Å². The molecule has 7 heteroatoms. The molecule has 7 nitrogen and oxygen atoms in total. The molecular weight excluding hydrogens is 400 g/mol. The molecule has 2 rings (SSSR count). The van der Waals surface area contributed by atoms with Crippen molar-refractivity contribution in [2.24, 2.45) is 23.7 Å². The van der Waals surface area contributed by atoms with E-state index in [1.165, 1.54) is 0 Å². The summed E-state index contributed by atoms with van der Waals surface area (Å²) in [5, 5.41) is 28.9. The molecule has 0 amide bonds. The number of carboxylic acid groups (broad SMARTS) is 1.